The zero-order valence-electron chi connectivity index (χ0n) is 7.75. The molecule has 0 spiro atoms. The van der Waals surface area contributed by atoms with Crippen LogP contribution in [0.15, 0.2) is 12.4 Å². The van der Waals surface area contributed by atoms with Gasteiger partial charge in [0.15, 0.2) is 0 Å². The first-order chi connectivity index (χ1) is 6.42. The van der Waals surface area contributed by atoms with E-state index < -0.39 is 12.7 Å². The van der Waals surface area contributed by atoms with Gasteiger partial charge >= 0.3 is 6.18 Å². The summed E-state index contributed by atoms with van der Waals surface area (Å²) in [5.41, 5.74) is 6.27. The molecule has 0 aliphatic carbocycles. The molecule has 0 saturated heterocycles. The second-order valence-corrected chi connectivity index (χ2v) is 3.10. The van der Waals surface area contributed by atoms with Crippen LogP contribution in [0.1, 0.15) is 24.9 Å². The summed E-state index contributed by atoms with van der Waals surface area (Å²) in [5.74, 6) is 0. The van der Waals surface area contributed by atoms with E-state index in [0.29, 0.717) is 12.0 Å². The summed E-state index contributed by atoms with van der Waals surface area (Å²) in [6.45, 7) is 0.801. The van der Waals surface area contributed by atoms with Crippen LogP contribution >= 0.6 is 0 Å². The monoisotopic (exact) mass is 207 g/mol. The molecule has 6 heteroatoms. The van der Waals surface area contributed by atoms with Crippen molar-refractivity contribution in [2.45, 2.75) is 32.1 Å². The largest absolute Gasteiger partial charge is 0.408 e. The number of alkyl halides is 3. The van der Waals surface area contributed by atoms with Gasteiger partial charge in [-0.25, -0.2) is 0 Å². The molecule has 14 heavy (non-hydrogen) atoms. The van der Waals surface area contributed by atoms with Gasteiger partial charge in [-0.05, 0) is 6.42 Å². The lowest BCUT2D eigenvalue weighted by atomic mass is 10.1. The summed E-state index contributed by atoms with van der Waals surface area (Å²) in [5, 5.41) is 3.59. The number of hydrogen-bond acceptors (Lipinski definition) is 2. The molecule has 3 nitrogen and oxygen atoms in total. The highest BCUT2D eigenvalue weighted by Gasteiger charge is 2.28. The van der Waals surface area contributed by atoms with Crippen molar-refractivity contribution in [2.24, 2.45) is 5.73 Å². The molecule has 0 amide bonds. The van der Waals surface area contributed by atoms with E-state index in [1.54, 1.807) is 0 Å². The molecule has 2 N–H and O–H groups in total. The summed E-state index contributed by atoms with van der Waals surface area (Å²) in [6, 6.07) is -0.239. The van der Waals surface area contributed by atoms with Gasteiger partial charge < -0.3 is 5.73 Å². The predicted molar refractivity (Wildman–Crippen MR) is 45.5 cm³/mol. The summed E-state index contributed by atoms with van der Waals surface area (Å²) >= 11 is 0. The van der Waals surface area contributed by atoms with Crippen LogP contribution < -0.4 is 5.73 Å². The van der Waals surface area contributed by atoms with Crippen molar-refractivity contribution < 1.29 is 13.2 Å². The van der Waals surface area contributed by atoms with Crippen LogP contribution in [0.25, 0.3) is 0 Å². The molecule has 0 aliphatic rings. The van der Waals surface area contributed by atoms with Crippen LogP contribution in [0.3, 0.4) is 0 Å². The predicted octanol–water partition coefficient (Wildman–Crippen LogP) is 1.86. The Morgan fingerprint density at radius 1 is 1.57 bits per heavy atom. The highest BCUT2D eigenvalue weighted by atomic mass is 19.4. The van der Waals surface area contributed by atoms with Gasteiger partial charge in [-0.2, -0.15) is 18.3 Å². The first-order valence-electron chi connectivity index (χ1n) is 4.27. The third-order valence-corrected chi connectivity index (χ3v) is 1.86. The Kier molecular flexibility index (Phi) is 3.15. The fourth-order valence-electron chi connectivity index (χ4n) is 1.08. The molecule has 0 fully saturated rings. The van der Waals surface area contributed by atoms with Crippen molar-refractivity contribution >= 4 is 0 Å². The van der Waals surface area contributed by atoms with Gasteiger partial charge in [0.1, 0.15) is 6.54 Å². The minimum Gasteiger partial charge on any atom is -0.324 e. The SMILES string of the molecule is CCC(N)c1cnn(CC(F)(F)F)c1. The third-order valence-electron chi connectivity index (χ3n) is 1.86. The molecular weight excluding hydrogens is 195 g/mol. The Bertz CT molecular complexity index is 292. The molecule has 1 aromatic heterocycles. The minimum absolute atomic E-state index is 0.239. The van der Waals surface area contributed by atoms with Crippen molar-refractivity contribution in [1.82, 2.24) is 9.78 Å². The maximum atomic E-state index is 11.9. The second kappa shape index (κ2) is 4.00. The summed E-state index contributed by atoms with van der Waals surface area (Å²) < 4.78 is 36.7. The van der Waals surface area contributed by atoms with Crippen molar-refractivity contribution in [2.75, 3.05) is 0 Å². The molecule has 0 radical (unpaired) electrons. The average molecular weight is 207 g/mol. The van der Waals surface area contributed by atoms with Crippen LogP contribution in [0.4, 0.5) is 13.2 Å². The van der Waals surface area contributed by atoms with Crippen LogP contribution in [0.5, 0.6) is 0 Å². The Labute approximate surface area is 79.7 Å². The molecule has 1 unspecified atom stereocenters. The second-order valence-electron chi connectivity index (χ2n) is 3.10. The smallest absolute Gasteiger partial charge is 0.324 e. The van der Waals surface area contributed by atoms with E-state index >= 15 is 0 Å². The average Bonchev–Trinajstić information content (AvgIpc) is 2.48. The van der Waals surface area contributed by atoms with Gasteiger partial charge in [-0.15, -0.1) is 0 Å². The highest BCUT2D eigenvalue weighted by molar-refractivity contribution is 5.09. The fourth-order valence-corrected chi connectivity index (χ4v) is 1.08. The highest BCUT2D eigenvalue weighted by Crippen LogP contribution is 2.18. The fraction of sp³-hybridized carbons (Fsp3) is 0.625. The van der Waals surface area contributed by atoms with Crippen LogP contribution in [-0.2, 0) is 6.54 Å². The lowest BCUT2D eigenvalue weighted by molar-refractivity contribution is -0.142. The molecule has 1 rings (SSSR count). The molecule has 0 bridgehead atoms. The lowest BCUT2D eigenvalue weighted by Gasteiger charge is -2.06. The molecule has 0 aliphatic heterocycles. The standard InChI is InChI=1S/C8H12F3N3/c1-2-7(12)6-3-13-14(4-6)5-8(9,10)11/h3-4,7H,2,5,12H2,1H3. The summed E-state index contributed by atoms with van der Waals surface area (Å²) in [6.07, 6.45) is -0.848. The minimum atomic E-state index is -4.24. The van der Waals surface area contributed by atoms with Gasteiger partial charge in [0.25, 0.3) is 0 Å². The van der Waals surface area contributed by atoms with Gasteiger partial charge in [-0.3, -0.25) is 4.68 Å². The number of hydrogen-bond donors (Lipinski definition) is 1. The quantitative estimate of drug-likeness (QED) is 0.822. The maximum absolute atomic E-state index is 11.9. The maximum Gasteiger partial charge on any atom is 0.408 e. The van der Waals surface area contributed by atoms with Gasteiger partial charge in [-0.1, -0.05) is 6.92 Å². The van der Waals surface area contributed by atoms with Gasteiger partial charge in [0, 0.05) is 17.8 Å². The van der Waals surface area contributed by atoms with Crippen LogP contribution in [-0.4, -0.2) is 16.0 Å². The Morgan fingerprint density at radius 3 is 2.71 bits per heavy atom. The van der Waals surface area contributed by atoms with Gasteiger partial charge in [0.2, 0.25) is 0 Å². The number of halogens is 3. The molecule has 80 valence electrons. The van der Waals surface area contributed by atoms with Crippen molar-refractivity contribution in [3.63, 3.8) is 0 Å². The molecule has 1 aromatic rings. The van der Waals surface area contributed by atoms with E-state index in [1.165, 1.54) is 12.4 Å². The van der Waals surface area contributed by atoms with E-state index in [2.05, 4.69) is 5.10 Å². The van der Waals surface area contributed by atoms with E-state index in [4.69, 9.17) is 5.73 Å². The van der Waals surface area contributed by atoms with Crippen molar-refractivity contribution in [3.8, 4) is 0 Å². The first kappa shape index (κ1) is 11.0. The number of aromatic nitrogens is 2. The third kappa shape index (κ3) is 3.02. The van der Waals surface area contributed by atoms with Crippen molar-refractivity contribution in [1.29, 1.82) is 0 Å². The molecule has 0 aromatic carbocycles. The lowest BCUT2D eigenvalue weighted by Crippen LogP contribution is -2.18. The van der Waals surface area contributed by atoms with Gasteiger partial charge in [0.05, 0.1) is 6.20 Å². The number of rotatable bonds is 3. The molecule has 1 atom stereocenters. The zero-order valence-corrected chi connectivity index (χ0v) is 7.75. The van der Waals surface area contributed by atoms with Crippen LogP contribution in [0.2, 0.25) is 0 Å². The Morgan fingerprint density at radius 2 is 2.21 bits per heavy atom. The summed E-state index contributed by atoms with van der Waals surface area (Å²) in [4.78, 5) is 0. The van der Waals surface area contributed by atoms with E-state index in [0.717, 1.165) is 4.68 Å². The Balaban J connectivity index is 2.69. The van der Waals surface area contributed by atoms with E-state index in [-0.39, 0.29) is 6.04 Å². The number of nitrogens with zero attached hydrogens (tertiary/aromatic N) is 2. The first-order valence-corrected chi connectivity index (χ1v) is 4.27. The normalized spacial score (nSPS) is 14.4. The summed E-state index contributed by atoms with van der Waals surface area (Å²) in [7, 11) is 0. The topological polar surface area (TPSA) is 43.8 Å². The molecular formula is C8H12F3N3. The van der Waals surface area contributed by atoms with Crippen LogP contribution in [0, 0.1) is 0 Å². The Hall–Kier alpha value is -1.04. The van der Waals surface area contributed by atoms with E-state index in [1.807, 2.05) is 6.92 Å². The molecule has 0 saturated carbocycles. The zero-order chi connectivity index (χ0) is 10.8. The van der Waals surface area contributed by atoms with E-state index in [9.17, 15) is 13.2 Å². The molecule has 1 heterocycles. The van der Waals surface area contributed by atoms with Crippen molar-refractivity contribution in [3.05, 3.63) is 18.0 Å². The number of nitrogens with two attached hydrogens (primary N) is 1.